The van der Waals surface area contributed by atoms with Crippen LogP contribution in [0.15, 0.2) is 59.6 Å². The zero-order valence-electron chi connectivity index (χ0n) is 14.0. The Morgan fingerprint density at radius 3 is 2.46 bits per heavy atom. The van der Waals surface area contributed by atoms with Gasteiger partial charge in [0.2, 0.25) is 10.0 Å². The van der Waals surface area contributed by atoms with Gasteiger partial charge in [-0.15, -0.1) is 0 Å². The molecule has 0 spiro atoms. The summed E-state index contributed by atoms with van der Waals surface area (Å²) in [5.74, 6) is 0. The van der Waals surface area contributed by atoms with Gasteiger partial charge in [-0.1, -0.05) is 12.1 Å². The van der Waals surface area contributed by atoms with E-state index in [4.69, 9.17) is 0 Å². The molecule has 0 fully saturated rings. The molecule has 3 aromatic rings. The Morgan fingerprint density at radius 2 is 1.79 bits per heavy atom. The number of halogens is 3. The Kier molecular flexibility index (Phi) is 5.04. The lowest BCUT2D eigenvalue weighted by molar-refractivity contribution is -0.383. The maximum atomic E-state index is 13.1. The van der Waals surface area contributed by atoms with Crippen LogP contribution in [0.1, 0.15) is 11.1 Å². The summed E-state index contributed by atoms with van der Waals surface area (Å²) in [6, 6.07) is 9.26. The highest BCUT2D eigenvalue weighted by molar-refractivity contribution is 7.89. The number of hydrogen-bond acceptors (Lipinski definition) is 5. The van der Waals surface area contributed by atoms with Gasteiger partial charge in [-0.3, -0.25) is 15.1 Å². The lowest BCUT2D eigenvalue weighted by atomic mass is 10.1. The van der Waals surface area contributed by atoms with Crippen molar-refractivity contribution in [3.8, 4) is 0 Å². The van der Waals surface area contributed by atoms with E-state index < -0.39 is 31.6 Å². The van der Waals surface area contributed by atoms with E-state index >= 15 is 0 Å². The fourth-order valence-electron chi connectivity index (χ4n) is 2.70. The van der Waals surface area contributed by atoms with E-state index in [9.17, 15) is 31.7 Å². The number of pyridine rings is 1. The number of nitrogens with one attached hydrogen (secondary N) is 1. The van der Waals surface area contributed by atoms with Gasteiger partial charge in [0.15, 0.2) is 0 Å². The zero-order chi connectivity index (χ0) is 20.5. The molecule has 3 rings (SSSR count). The normalized spacial score (nSPS) is 12.2. The summed E-state index contributed by atoms with van der Waals surface area (Å²) < 4.78 is 66.3. The van der Waals surface area contributed by atoms with E-state index in [0.29, 0.717) is 6.07 Å². The number of nitrogens with zero attached hydrogens (tertiary/aromatic N) is 2. The number of nitro benzene ring substituents is 1. The molecule has 0 bridgehead atoms. The third-order valence-electron chi connectivity index (χ3n) is 3.96. The molecule has 146 valence electrons. The molecular weight excluding hydrogens is 399 g/mol. The van der Waals surface area contributed by atoms with Crippen LogP contribution in [0.3, 0.4) is 0 Å². The lowest BCUT2D eigenvalue weighted by Gasteiger charge is -2.14. The second kappa shape index (κ2) is 7.17. The molecule has 28 heavy (non-hydrogen) atoms. The number of hydrogen-bond donors (Lipinski definition) is 1. The quantitative estimate of drug-likeness (QED) is 0.510. The first kappa shape index (κ1) is 19.7. The second-order valence-corrected chi connectivity index (χ2v) is 7.45. The summed E-state index contributed by atoms with van der Waals surface area (Å²) in [5.41, 5.74) is -1.02. The van der Waals surface area contributed by atoms with Gasteiger partial charge in [-0.05, 0) is 35.9 Å². The number of nitro groups is 1. The molecule has 11 heteroatoms. The molecule has 0 aliphatic heterocycles. The summed E-state index contributed by atoms with van der Waals surface area (Å²) in [4.78, 5) is 13.7. The number of rotatable bonds is 5. The highest BCUT2D eigenvalue weighted by Crippen LogP contribution is 2.34. The highest BCUT2D eigenvalue weighted by Gasteiger charge is 2.36. The van der Waals surface area contributed by atoms with Crippen LogP contribution in [-0.2, 0) is 22.7 Å². The van der Waals surface area contributed by atoms with Crippen molar-refractivity contribution in [2.45, 2.75) is 17.6 Å². The van der Waals surface area contributed by atoms with E-state index in [0.717, 1.165) is 12.1 Å². The topological polar surface area (TPSA) is 102 Å². The second-order valence-electron chi connectivity index (χ2n) is 5.72. The molecule has 0 aliphatic rings. The van der Waals surface area contributed by atoms with Crippen LogP contribution in [0, 0.1) is 10.1 Å². The standard InChI is InChI=1S/C17H12F3N3O4S/c18-17(19,20)13-5-1-2-6-15(13)28(26,27)22-10-11-7-8-14(23(24)25)12-4-3-9-21-16(11)12/h1-9,22H,10H2. The van der Waals surface area contributed by atoms with E-state index in [1.165, 1.54) is 36.5 Å². The minimum absolute atomic E-state index is 0.184. The Morgan fingerprint density at radius 1 is 1.07 bits per heavy atom. The summed E-state index contributed by atoms with van der Waals surface area (Å²) in [6.07, 6.45) is -3.46. The van der Waals surface area contributed by atoms with Gasteiger partial charge in [0, 0.05) is 18.8 Å². The van der Waals surface area contributed by atoms with Gasteiger partial charge in [0.25, 0.3) is 5.69 Å². The first-order chi connectivity index (χ1) is 13.1. The van der Waals surface area contributed by atoms with Crippen LogP contribution in [0.25, 0.3) is 10.9 Å². The molecule has 0 unspecified atom stereocenters. The van der Waals surface area contributed by atoms with Crippen molar-refractivity contribution in [2.24, 2.45) is 0 Å². The summed E-state index contributed by atoms with van der Waals surface area (Å²) in [6.45, 7) is -0.389. The average Bonchev–Trinajstić information content (AvgIpc) is 2.65. The Labute approximate surface area is 157 Å². The largest absolute Gasteiger partial charge is 0.417 e. The monoisotopic (exact) mass is 411 g/mol. The van der Waals surface area contributed by atoms with Crippen LogP contribution < -0.4 is 4.72 Å². The fourth-order valence-corrected chi connectivity index (χ4v) is 3.94. The van der Waals surface area contributed by atoms with Crippen molar-refractivity contribution in [1.82, 2.24) is 9.71 Å². The number of non-ortho nitro benzene ring substituents is 1. The third kappa shape index (κ3) is 3.80. The van der Waals surface area contributed by atoms with Gasteiger partial charge in [0.1, 0.15) is 0 Å². The molecule has 2 aromatic carbocycles. The number of aromatic nitrogens is 1. The van der Waals surface area contributed by atoms with Gasteiger partial charge in [0.05, 0.1) is 26.3 Å². The van der Waals surface area contributed by atoms with Crippen molar-refractivity contribution >= 4 is 26.6 Å². The molecule has 0 radical (unpaired) electrons. The Hall–Kier alpha value is -3.05. The summed E-state index contributed by atoms with van der Waals surface area (Å²) >= 11 is 0. The molecule has 0 saturated heterocycles. The minimum Gasteiger partial charge on any atom is -0.258 e. The minimum atomic E-state index is -4.84. The first-order valence-corrected chi connectivity index (χ1v) is 9.26. The number of benzene rings is 2. The molecule has 0 saturated carbocycles. The lowest BCUT2D eigenvalue weighted by Crippen LogP contribution is -2.26. The van der Waals surface area contributed by atoms with Crippen molar-refractivity contribution in [2.75, 3.05) is 0 Å². The maximum absolute atomic E-state index is 13.1. The zero-order valence-corrected chi connectivity index (χ0v) is 14.8. The van der Waals surface area contributed by atoms with Gasteiger partial charge in [-0.2, -0.15) is 13.2 Å². The predicted octanol–water partition coefficient (Wildman–Crippen LogP) is 3.64. The molecule has 0 aliphatic carbocycles. The van der Waals surface area contributed by atoms with Crippen LogP contribution in [-0.4, -0.2) is 18.3 Å². The first-order valence-electron chi connectivity index (χ1n) is 7.78. The SMILES string of the molecule is O=[N+]([O-])c1ccc(CNS(=O)(=O)c2ccccc2C(F)(F)F)c2ncccc12. The highest BCUT2D eigenvalue weighted by atomic mass is 32.2. The Bertz CT molecular complexity index is 1160. The van der Waals surface area contributed by atoms with Crippen LogP contribution >= 0.6 is 0 Å². The van der Waals surface area contributed by atoms with Crippen LogP contribution in [0.5, 0.6) is 0 Å². The molecule has 7 nitrogen and oxygen atoms in total. The maximum Gasteiger partial charge on any atom is 0.417 e. The van der Waals surface area contributed by atoms with E-state index in [1.54, 1.807) is 0 Å². The molecular formula is C17H12F3N3O4S. The molecule has 1 aromatic heterocycles. The predicted molar refractivity (Wildman–Crippen MR) is 93.9 cm³/mol. The van der Waals surface area contributed by atoms with Gasteiger partial charge < -0.3 is 0 Å². The van der Waals surface area contributed by atoms with E-state index in [-0.39, 0.29) is 28.7 Å². The van der Waals surface area contributed by atoms with E-state index in [2.05, 4.69) is 9.71 Å². The summed E-state index contributed by atoms with van der Waals surface area (Å²) in [5, 5.41) is 11.3. The number of sulfonamides is 1. The average molecular weight is 411 g/mol. The number of fused-ring (bicyclic) bond motifs is 1. The van der Waals surface area contributed by atoms with Crippen LogP contribution in [0.4, 0.5) is 18.9 Å². The van der Waals surface area contributed by atoms with Crippen LogP contribution in [0.2, 0.25) is 0 Å². The third-order valence-corrected chi connectivity index (χ3v) is 5.42. The molecule has 0 amide bonds. The van der Waals surface area contributed by atoms with Crippen molar-refractivity contribution in [3.05, 3.63) is 76.0 Å². The smallest absolute Gasteiger partial charge is 0.258 e. The van der Waals surface area contributed by atoms with Gasteiger partial charge in [-0.25, -0.2) is 13.1 Å². The van der Waals surface area contributed by atoms with Gasteiger partial charge >= 0.3 is 6.18 Å². The van der Waals surface area contributed by atoms with E-state index in [1.807, 2.05) is 0 Å². The number of alkyl halides is 3. The van der Waals surface area contributed by atoms with Crippen molar-refractivity contribution in [1.29, 1.82) is 0 Å². The molecule has 0 atom stereocenters. The fraction of sp³-hybridized carbons (Fsp3) is 0.118. The molecule has 1 heterocycles. The molecule has 1 N–H and O–H groups in total. The summed E-state index contributed by atoms with van der Waals surface area (Å²) in [7, 11) is -4.50. The Balaban J connectivity index is 1.97. The van der Waals surface area contributed by atoms with Crippen molar-refractivity contribution in [3.63, 3.8) is 0 Å². The van der Waals surface area contributed by atoms with Crippen molar-refractivity contribution < 1.29 is 26.5 Å².